The first-order valence-electron chi connectivity index (χ1n) is 18.5. The average Bonchev–Trinajstić information content (AvgIpc) is 3.88. The first-order valence-corrected chi connectivity index (χ1v) is 20.4. The molecule has 0 amide bonds. The van der Waals surface area contributed by atoms with E-state index in [4.69, 9.17) is 14.2 Å². The third kappa shape index (κ3) is 7.14. The van der Waals surface area contributed by atoms with Gasteiger partial charge in [0.1, 0.15) is 16.2 Å². The first kappa shape index (κ1) is 34.8. The summed E-state index contributed by atoms with van der Waals surface area (Å²) in [6, 6.07) is 27.9. The maximum atomic E-state index is 15.1. The highest BCUT2D eigenvalue weighted by molar-refractivity contribution is 8.21. The molecule has 0 N–H and O–H groups in total. The van der Waals surface area contributed by atoms with Gasteiger partial charge in [0, 0.05) is 36.4 Å². The molecule has 7 rings (SSSR count). The highest BCUT2D eigenvalue weighted by atomic mass is 32.2. The van der Waals surface area contributed by atoms with Crippen LogP contribution in [0.1, 0.15) is 88.3 Å². The molecule has 2 aliphatic carbocycles. The molecule has 0 unspecified atom stereocenters. The van der Waals surface area contributed by atoms with E-state index in [9.17, 15) is 0 Å². The van der Waals surface area contributed by atoms with Crippen molar-refractivity contribution in [3.05, 3.63) is 95.6 Å². The van der Waals surface area contributed by atoms with Crippen molar-refractivity contribution in [3.63, 3.8) is 0 Å². The molecule has 49 heavy (non-hydrogen) atoms. The van der Waals surface area contributed by atoms with Crippen molar-refractivity contribution in [2.24, 2.45) is 17.8 Å². The predicted octanol–water partition coefficient (Wildman–Crippen LogP) is 9.69. The quantitative estimate of drug-likeness (QED) is 0.195. The number of benzene rings is 3. The van der Waals surface area contributed by atoms with Gasteiger partial charge in [0.05, 0.1) is 13.2 Å². The van der Waals surface area contributed by atoms with Gasteiger partial charge in [0.25, 0.3) is 0 Å². The second-order valence-corrected chi connectivity index (χ2v) is 18.2. The summed E-state index contributed by atoms with van der Waals surface area (Å²) in [5.74, 6) is 3.99. The van der Waals surface area contributed by atoms with Crippen molar-refractivity contribution >= 4 is 29.5 Å². The Hall–Kier alpha value is -2.61. The summed E-state index contributed by atoms with van der Waals surface area (Å²) in [5, 5.41) is 0. The Bertz CT molecular complexity index is 1550. The number of hydrogen-bond donors (Lipinski definition) is 0. The van der Waals surface area contributed by atoms with E-state index in [1.54, 1.807) is 7.11 Å². The van der Waals surface area contributed by atoms with Gasteiger partial charge >= 0.3 is 5.97 Å². The third-order valence-corrected chi connectivity index (χ3v) is 15.4. The molecule has 2 saturated carbocycles. The number of thioether (sulfide) groups is 2. The molecule has 2 aliphatic heterocycles. The lowest BCUT2D eigenvalue weighted by molar-refractivity contribution is -0.162. The Balaban J connectivity index is 1.25. The molecule has 5 nitrogen and oxygen atoms in total. The fourth-order valence-electron chi connectivity index (χ4n) is 9.08. The lowest BCUT2D eigenvalue weighted by atomic mass is 9.64. The van der Waals surface area contributed by atoms with Gasteiger partial charge in [-0.3, -0.25) is 9.69 Å². The molecule has 262 valence electrons. The molecule has 0 aromatic heterocycles. The average molecular weight is 700 g/mol. The van der Waals surface area contributed by atoms with E-state index in [0.29, 0.717) is 5.92 Å². The fourth-order valence-corrected chi connectivity index (χ4v) is 12.7. The van der Waals surface area contributed by atoms with Crippen LogP contribution in [0.25, 0.3) is 0 Å². The van der Waals surface area contributed by atoms with Gasteiger partial charge in [-0.2, -0.15) is 0 Å². The maximum absolute atomic E-state index is 15.1. The van der Waals surface area contributed by atoms with Crippen LogP contribution in [0.4, 0.5) is 0 Å². The number of methoxy groups -OCH3 is 1. The monoisotopic (exact) mass is 699 g/mol. The minimum Gasteiger partial charge on any atom is -0.493 e. The molecule has 3 aromatic carbocycles. The van der Waals surface area contributed by atoms with Crippen LogP contribution in [-0.4, -0.2) is 52.4 Å². The summed E-state index contributed by atoms with van der Waals surface area (Å²) in [6.45, 7) is 8.59. The summed E-state index contributed by atoms with van der Waals surface area (Å²) < 4.78 is 18.9. The van der Waals surface area contributed by atoms with Crippen molar-refractivity contribution in [3.8, 4) is 11.5 Å². The zero-order valence-electron chi connectivity index (χ0n) is 29.6. The highest BCUT2D eigenvalue weighted by Crippen LogP contribution is 2.61. The molecule has 2 heterocycles. The Labute approximate surface area is 302 Å². The number of hydrogen-bond acceptors (Lipinski definition) is 7. The number of carbonyl (C=O) groups is 1. The molecule has 1 spiro atoms. The van der Waals surface area contributed by atoms with E-state index >= 15 is 4.79 Å². The molecule has 0 bridgehead atoms. The molecule has 3 aromatic rings. The van der Waals surface area contributed by atoms with Gasteiger partial charge in [-0.15, -0.1) is 23.5 Å². The van der Waals surface area contributed by atoms with E-state index in [0.717, 1.165) is 73.8 Å². The van der Waals surface area contributed by atoms with Crippen molar-refractivity contribution in [2.75, 3.05) is 25.2 Å². The maximum Gasteiger partial charge on any atom is 0.313 e. The van der Waals surface area contributed by atoms with E-state index in [2.05, 4.69) is 98.5 Å². The molecule has 4 aliphatic rings. The van der Waals surface area contributed by atoms with Gasteiger partial charge in [-0.05, 0) is 78.7 Å². The minimum atomic E-state index is -0.394. The standard InChI is InChI=1S/C42H53NO4S2/c1-29-19-21-35(41(2,3)32-15-9-6-10-16-32)37(25-29)47-40(44)39-34(31-20-22-36(45-4)38(26-31)46-33-17-11-12-18-33)28-43(42(39)48-23-24-49-42)27-30-13-7-5-8-14-30/h5-10,13-16,20,22,26,29,33-35,37,39H,11-12,17-19,21,23-25,27-28H2,1-4H3/t29-,34-,35-,37-,39-/m1/s1. The van der Waals surface area contributed by atoms with E-state index in [1.807, 2.05) is 29.6 Å². The lowest BCUT2D eigenvalue weighted by Crippen LogP contribution is -2.47. The summed E-state index contributed by atoms with van der Waals surface area (Å²) in [4.78, 5) is 17.7. The Morgan fingerprint density at radius 1 is 0.898 bits per heavy atom. The topological polar surface area (TPSA) is 48.0 Å². The largest absolute Gasteiger partial charge is 0.493 e. The van der Waals surface area contributed by atoms with Gasteiger partial charge in [-0.1, -0.05) is 93.9 Å². The fraction of sp³-hybridized carbons (Fsp3) is 0.548. The molecular weight excluding hydrogens is 647 g/mol. The van der Waals surface area contributed by atoms with Crippen LogP contribution in [0.3, 0.4) is 0 Å². The van der Waals surface area contributed by atoms with Crippen LogP contribution in [-0.2, 0) is 21.5 Å². The zero-order chi connectivity index (χ0) is 34.0. The Morgan fingerprint density at radius 3 is 2.29 bits per heavy atom. The summed E-state index contributed by atoms with van der Waals surface area (Å²) in [7, 11) is 1.72. The van der Waals surface area contributed by atoms with Crippen molar-refractivity contribution in [2.45, 2.75) is 100 Å². The smallest absolute Gasteiger partial charge is 0.313 e. The second-order valence-electron chi connectivity index (χ2n) is 15.3. The van der Waals surface area contributed by atoms with Crippen molar-refractivity contribution < 1.29 is 19.0 Å². The number of esters is 1. The predicted molar refractivity (Wildman–Crippen MR) is 202 cm³/mol. The van der Waals surface area contributed by atoms with Gasteiger partial charge < -0.3 is 14.2 Å². The molecule has 5 atom stereocenters. The highest BCUT2D eigenvalue weighted by Gasteiger charge is 2.61. The number of carbonyl (C=O) groups excluding carboxylic acids is 1. The first-order chi connectivity index (χ1) is 23.8. The normalized spacial score (nSPS) is 27.4. The van der Waals surface area contributed by atoms with E-state index in [1.165, 1.54) is 24.0 Å². The Kier molecular flexibility index (Phi) is 10.6. The van der Waals surface area contributed by atoms with E-state index in [-0.39, 0.29) is 41.3 Å². The van der Waals surface area contributed by atoms with Crippen LogP contribution in [0.2, 0.25) is 0 Å². The molecule has 4 fully saturated rings. The molecular formula is C42H53NO4S2. The number of likely N-dealkylation sites (tertiary alicyclic amines) is 1. The van der Waals surface area contributed by atoms with Crippen LogP contribution in [0.15, 0.2) is 78.9 Å². The molecule has 0 radical (unpaired) electrons. The number of ether oxygens (including phenoxy) is 3. The summed E-state index contributed by atoms with van der Waals surface area (Å²) >= 11 is 3.90. The number of rotatable bonds is 10. The van der Waals surface area contributed by atoms with Gasteiger partial charge in [0.2, 0.25) is 0 Å². The zero-order valence-corrected chi connectivity index (χ0v) is 31.3. The SMILES string of the molecule is COc1ccc([C@H]2CN(Cc3ccccc3)C3(SCCS3)[C@H]2C(=O)O[C@@H]2C[C@H](C)CC[C@H]2C(C)(C)c2ccccc2)cc1OC1CCCC1. The van der Waals surface area contributed by atoms with Crippen molar-refractivity contribution in [1.82, 2.24) is 4.90 Å². The van der Waals surface area contributed by atoms with Crippen LogP contribution < -0.4 is 9.47 Å². The minimum absolute atomic E-state index is 0.0345. The Morgan fingerprint density at radius 2 is 1.59 bits per heavy atom. The van der Waals surface area contributed by atoms with Crippen LogP contribution in [0.5, 0.6) is 11.5 Å². The number of nitrogens with zero attached hydrogens (tertiary/aromatic N) is 1. The van der Waals surface area contributed by atoms with Crippen molar-refractivity contribution in [1.29, 1.82) is 0 Å². The van der Waals surface area contributed by atoms with E-state index < -0.39 is 4.20 Å². The van der Waals surface area contributed by atoms with Gasteiger partial charge in [0.15, 0.2) is 11.5 Å². The molecule has 7 heteroatoms. The van der Waals surface area contributed by atoms with Crippen LogP contribution in [0, 0.1) is 17.8 Å². The summed E-state index contributed by atoms with van der Waals surface area (Å²) in [5.41, 5.74) is 3.61. The molecule has 2 saturated heterocycles. The lowest BCUT2D eigenvalue weighted by Gasteiger charge is -2.45. The third-order valence-electron chi connectivity index (χ3n) is 11.8. The van der Waals surface area contributed by atoms with Gasteiger partial charge in [-0.25, -0.2) is 0 Å². The van der Waals surface area contributed by atoms with Crippen LogP contribution >= 0.6 is 23.5 Å². The summed E-state index contributed by atoms with van der Waals surface area (Å²) in [6.07, 6.45) is 7.79. The second kappa shape index (κ2) is 14.9.